The van der Waals surface area contributed by atoms with Gasteiger partial charge in [-0.3, -0.25) is 9.59 Å². The Morgan fingerprint density at radius 2 is 1.03 bits per heavy atom. The summed E-state index contributed by atoms with van der Waals surface area (Å²) in [6.45, 7) is 22.8. The van der Waals surface area contributed by atoms with Crippen LogP contribution in [0.1, 0.15) is 125 Å². The number of fused-ring (bicyclic) bond motifs is 1. The molecule has 4 nitrogen and oxygen atoms in total. The highest BCUT2D eigenvalue weighted by atomic mass is 16.5. The number of hydrogen-bond acceptors (Lipinski definition) is 4. The standard InChI is InChI=1S/C34H52O4/c1-12-23(13-2)28-22(7)29(37-31(35)33(8,9)24(14-3)15-4)26-20-18-19-21-27(26)30(28)38-32(36)34(10,11)25(16-5)17-6/h18-21,23-25H,12-17H2,1-11H3. The van der Waals surface area contributed by atoms with E-state index in [-0.39, 0.29) is 29.7 Å². The van der Waals surface area contributed by atoms with Crippen molar-refractivity contribution in [3.8, 4) is 11.5 Å². The van der Waals surface area contributed by atoms with Crippen molar-refractivity contribution in [2.24, 2.45) is 22.7 Å². The number of ether oxygens (including phenoxy) is 2. The first-order valence-corrected chi connectivity index (χ1v) is 14.9. The van der Waals surface area contributed by atoms with Crippen molar-refractivity contribution in [1.29, 1.82) is 0 Å². The maximum Gasteiger partial charge on any atom is 0.317 e. The third-order valence-corrected chi connectivity index (χ3v) is 9.25. The van der Waals surface area contributed by atoms with Gasteiger partial charge in [-0.25, -0.2) is 0 Å². The highest BCUT2D eigenvalue weighted by molar-refractivity contribution is 5.99. The molecule has 0 aliphatic heterocycles. The van der Waals surface area contributed by atoms with Crippen LogP contribution in [0.2, 0.25) is 0 Å². The molecule has 0 atom stereocenters. The number of rotatable bonds is 13. The fourth-order valence-electron chi connectivity index (χ4n) is 6.35. The van der Waals surface area contributed by atoms with Crippen LogP contribution in [-0.4, -0.2) is 11.9 Å². The zero-order valence-electron chi connectivity index (χ0n) is 25.9. The van der Waals surface area contributed by atoms with E-state index in [9.17, 15) is 9.59 Å². The lowest BCUT2D eigenvalue weighted by molar-refractivity contribution is -0.148. The molecule has 0 saturated heterocycles. The maximum absolute atomic E-state index is 13.7. The van der Waals surface area contributed by atoms with Crippen molar-refractivity contribution < 1.29 is 19.1 Å². The molecule has 0 spiro atoms. The van der Waals surface area contributed by atoms with Crippen LogP contribution in [0, 0.1) is 29.6 Å². The monoisotopic (exact) mass is 524 g/mol. The molecule has 2 aromatic rings. The Hall–Kier alpha value is -2.36. The van der Waals surface area contributed by atoms with Gasteiger partial charge < -0.3 is 9.47 Å². The van der Waals surface area contributed by atoms with Gasteiger partial charge in [0.2, 0.25) is 0 Å². The molecular weight excluding hydrogens is 472 g/mol. The van der Waals surface area contributed by atoms with Crippen LogP contribution in [0.4, 0.5) is 0 Å². The van der Waals surface area contributed by atoms with Gasteiger partial charge in [-0.2, -0.15) is 0 Å². The number of carbonyl (C=O) groups is 2. The summed E-state index contributed by atoms with van der Waals surface area (Å²) in [6.07, 6.45) is 5.44. The summed E-state index contributed by atoms with van der Waals surface area (Å²) in [7, 11) is 0. The zero-order valence-corrected chi connectivity index (χ0v) is 25.9. The van der Waals surface area contributed by atoms with Gasteiger partial charge in [0.05, 0.1) is 10.8 Å². The lowest BCUT2D eigenvalue weighted by Crippen LogP contribution is -2.36. The number of benzene rings is 2. The lowest BCUT2D eigenvalue weighted by atomic mass is 9.75. The van der Waals surface area contributed by atoms with Gasteiger partial charge in [-0.1, -0.05) is 91.5 Å². The van der Waals surface area contributed by atoms with Gasteiger partial charge in [0.15, 0.2) is 0 Å². The molecule has 0 N–H and O–H groups in total. The second-order valence-electron chi connectivity index (χ2n) is 12.0. The van der Waals surface area contributed by atoms with Crippen molar-refractivity contribution in [3.05, 3.63) is 35.4 Å². The largest absolute Gasteiger partial charge is 0.425 e. The van der Waals surface area contributed by atoms with Crippen molar-refractivity contribution in [1.82, 2.24) is 0 Å². The van der Waals surface area contributed by atoms with E-state index in [0.29, 0.717) is 11.5 Å². The SMILES string of the molecule is CCC(CC)c1c(C)c(OC(=O)C(C)(C)C(CC)CC)c2ccccc2c1OC(=O)C(C)(C)C(CC)CC. The topological polar surface area (TPSA) is 52.6 Å². The Labute approximate surface area is 231 Å². The van der Waals surface area contributed by atoms with E-state index in [1.54, 1.807) is 0 Å². The number of esters is 2. The summed E-state index contributed by atoms with van der Waals surface area (Å²) in [5.41, 5.74) is 0.630. The Kier molecular flexibility index (Phi) is 11.0. The van der Waals surface area contributed by atoms with Crippen LogP contribution in [0.15, 0.2) is 24.3 Å². The highest BCUT2D eigenvalue weighted by Crippen LogP contribution is 2.47. The van der Waals surface area contributed by atoms with E-state index in [1.165, 1.54) is 0 Å². The average Bonchev–Trinajstić information content (AvgIpc) is 2.89. The van der Waals surface area contributed by atoms with Gasteiger partial charge in [0.25, 0.3) is 0 Å². The molecule has 0 unspecified atom stereocenters. The van der Waals surface area contributed by atoms with Crippen molar-refractivity contribution in [2.75, 3.05) is 0 Å². The van der Waals surface area contributed by atoms with E-state index in [2.05, 4.69) is 41.5 Å². The highest BCUT2D eigenvalue weighted by Gasteiger charge is 2.39. The molecule has 0 amide bonds. The molecule has 0 aliphatic rings. The summed E-state index contributed by atoms with van der Waals surface area (Å²) in [5.74, 6) is 1.42. The predicted molar refractivity (Wildman–Crippen MR) is 159 cm³/mol. The van der Waals surface area contributed by atoms with Crippen LogP contribution in [0.5, 0.6) is 11.5 Å². The summed E-state index contributed by atoms with van der Waals surface area (Å²) < 4.78 is 12.7. The Morgan fingerprint density at radius 3 is 1.39 bits per heavy atom. The summed E-state index contributed by atoms with van der Waals surface area (Å²) >= 11 is 0. The molecule has 212 valence electrons. The van der Waals surface area contributed by atoms with Gasteiger partial charge in [-0.05, 0) is 70.8 Å². The van der Waals surface area contributed by atoms with Crippen LogP contribution in [0.25, 0.3) is 10.8 Å². The van der Waals surface area contributed by atoms with Gasteiger partial charge in [0.1, 0.15) is 11.5 Å². The lowest BCUT2D eigenvalue weighted by Gasteiger charge is -2.33. The second-order valence-corrected chi connectivity index (χ2v) is 12.0. The van der Waals surface area contributed by atoms with Crippen LogP contribution in [-0.2, 0) is 9.59 Å². The average molecular weight is 525 g/mol. The summed E-state index contributed by atoms with van der Waals surface area (Å²) in [6, 6.07) is 7.85. The fraction of sp³-hybridized carbons (Fsp3) is 0.647. The molecule has 0 fully saturated rings. The first-order valence-electron chi connectivity index (χ1n) is 14.9. The maximum atomic E-state index is 13.7. The molecule has 38 heavy (non-hydrogen) atoms. The predicted octanol–water partition coefficient (Wildman–Crippen LogP) is 9.79. The molecule has 4 heteroatoms. The van der Waals surface area contributed by atoms with E-state index in [1.807, 2.05) is 58.9 Å². The number of carbonyl (C=O) groups excluding carboxylic acids is 2. The van der Waals surface area contributed by atoms with E-state index in [0.717, 1.165) is 60.4 Å². The zero-order chi connectivity index (χ0) is 28.8. The quantitative estimate of drug-likeness (QED) is 0.193. The molecular formula is C34H52O4. The Morgan fingerprint density at radius 1 is 0.658 bits per heavy atom. The third-order valence-electron chi connectivity index (χ3n) is 9.25. The van der Waals surface area contributed by atoms with Gasteiger partial charge >= 0.3 is 11.9 Å². The minimum atomic E-state index is -0.617. The molecule has 0 radical (unpaired) electrons. The van der Waals surface area contributed by atoms with E-state index in [4.69, 9.17) is 9.47 Å². The molecule has 0 bridgehead atoms. The van der Waals surface area contributed by atoms with E-state index < -0.39 is 10.8 Å². The molecule has 0 aliphatic carbocycles. The molecule has 2 rings (SSSR count). The summed E-state index contributed by atoms with van der Waals surface area (Å²) in [4.78, 5) is 27.4. The van der Waals surface area contributed by atoms with Crippen LogP contribution >= 0.6 is 0 Å². The molecule has 2 aromatic carbocycles. The second kappa shape index (κ2) is 13.1. The van der Waals surface area contributed by atoms with Crippen LogP contribution in [0.3, 0.4) is 0 Å². The normalized spacial score (nSPS) is 12.6. The van der Waals surface area contributed by atoms with Gasteiger partial charge in [0, 0.05) is 16.3 Å². The Bertz CT molecular complexity index is 1100. The van der Waals surface area contributed by atoms with Crippen LogP contribution < -0.4 is 9.47 Å². The molecule has 0 aromatic heterocycles. The first kappa shape index (κ1) is 31.9. The fourth-order valence-corrected chi connectivity index (χ4v) is 6.35. The molecule has 0 saturated carbocycles. The van der Waals surface area contributed by atoms with Gasteiger partial charge in [-0.15, -0.1) is 0 Å². The minimum absolute atomic E-state index is 0.170. The molecule has 0 heterocycles. The third kappa shape index (κ3) is 6.10. The minimum Gasteiger partial charge on any atom is -0.425 e. The first-order chi connectivity index (χ1) is 17.9. The van der Waals surface area contributed by atoms with Crippen molar-refractivity contribution >= 4 is 22.7 Å². The summed E-state index contributed by atoms with van der Waals surface area (Å²) in [5, 5.41) is 1.62. The Balaban J connectivity index is 2.79. The van der Waals surface area contributed by atoms with Crippen molar-refractivity contribution in [3.63, 3.8) is 0 Å². The van der Waals surface area contributed by atoms with E-state index >= 15 is 0 Å². The smallest absolute Gasteiger partial charge is 0.317 e. The number of hydrogen-bond donors (Lipinski definition) is 0. The van der Waals surface area contributed by atoms with Crippen molar-refractivity contribution in [2.45, 2.75) is 121 Å².